The molecule has 28 heavy (non-hydrogen) atoms. The van der Waals surface area contributed by atoms with Crippen molar-refractivity contribution in [2.24, 2.45) is 0 Å². The Labute approximate surface area is 167 Å². The van der Waals surface area contributed by atoms with E-state index in [0.29, 0.717) is 24.8 Å². The van der Waals surface area contributed by atoms with Crippen molar-refractivity contribution in [3.63, 3.8) is 0 Å². The van der Waals surface area contributed by atoms with Crippen molar-refractivity contribution < 1.29 is 4.79 Å². The van der Waals surface area contributed by atoms with Gasteiger partial charge in [-0.1, -0.05) is 43.9 Å². The Morgan fingerprint density at radius 2 is 1.64 bits per heavy atom. The van der Waals surface area contributed by atoms with Crippen LogP contribution in [0.25, 0.3) is 0 Å². The average molecular weight is 380 g/mol. The standard InChI is InChI=1S/C22H29N5O/c28-22(27-14-12-26(13-15-27)19-10-6-3-7-11-19)20-16-21(24-17-23-20)25-18-8-4-1-2-5-9-18/h3,6-7,10-11,16-18H,1-2,4-5,8-9,12-15H2,(H,23,24,25). The number of nitrogens with one attached hydrogen (secondary N) is 1. The molecule has 4 rings (SSSR count). The van der Waals surface area contributed by atoms with Crippen LogP contribution in [0.2, 0.25) is 0 Å². The van der Waals surface area contributed by atoms with Crippen molar-refractivity contribution in [1.29, 1.82) is 0 Å². The zero-order valence-electron chi connectivity index (χ0n) is 16.4. The highest BCUT2D eigenvalue weighted by Gasteiger charge is 2.23. The third-order valence-corrected chi connectivity index (χ3v) is 5.78. The van der Waals surface area contributed by atoms with Gasteiger partial charge < -0.3 is 15.1 Å². The first-order valence-electron chi connectivity index (χ1n) is 10.5. The number of carbonyl (C=O) groups excluding carboxylic acids is 1. The van der Waals surface area contributed by atoms with Crippen LogP contribution in [0.5, 0.6) is 0 Å². The lowest BCUT2D eigenvalue weighted by molar-refractivity contribution is 0.0740. The van der Waals surface area contributed by atoms with E-state index in [1.54, 1.807) is 0 Å². The molecule has 2 aliphatic rings. The van der Waals surface area contributed by atoms with Gasteiger partial charge in [0.1, 0.15) is 17.8 Å². The van der Waals surface area contributed by atoms with Gasteiger partial charge in [0, 0.05) is 44.0 Å². The number of rotatable bonds is 4. The molecule has 1 saturated carbocycles. The summed E-state index contributed by atoms with van der Waals surface area (Å²) >= 11 is 0. The maximum absolute atomic E-state index is 12.9. The van der Waals surface area contributed by atoms with Gasteiger partial charge in [0.25, 0.3) is 5.91 Å². The number of hydrogen-bond acceptors (Lipinski definition) is 5. The van der Waals surface area contributed by atoms with E-state index in [-0.39, 0.29) is 5.91 Å². The third kappa shape index (κ3) is 4.61. The van der Waals surface area contributed by atoms with Crippen molar-refractivity contribution in [3.05, 3.63) is 48.4 Å². The molecule has 0 radical (unpaired) electrons. The highest BCUT2D eigenvalue weighted by Crippen LogP contribution is 2.21. The number of carbonyl (C=O) groups is 1. The fourth-order valence-electron chi connectivity index (χ4n) is 4.15. The van der Waals surface area contributed by atoms with Crippen LogP contribution in [0.1, 0.15) is 49.0 Å². The van der Waals surface area contributed by atoms with Crippen molar-refractivity contribution in [2.45, 2.75) is 44.6 Å². The molecule has 0 bridgehead atoms. The second kappa shape index (κ2) is 9.04. The number of amides is 1. The molecule has 6 heteroatoms. The molecule has 1 N–H and O–H groups in total. The molecule has 2 heterocycles. The zero-order valence-corrected chi connectivity index (χ0v) is 16.4. The smallest absolute Gasteiger partial charge is 0.272 e. The second-order valence-electron chi connectivity index (χ2n) is 7.74. The molecule has 2 aromatic rings. The Morgan fingerprint density at radius 3 is 2.36 bits per heavy atom. The lowest BCUT2D eigenvalue weighted by Gasteiger charge is -2.36. The second-order valence-corrected chi connectivity index (χ2v) is 7.74. The summed E-state index contributed by atoms with van der Waals surface area (Å²) in [4.78, 5) is 25.7. The van der Waals surface area contributed by atoms with Crippen LogP contribution < -0.4 is 10.2 Å². The Morgan fingerprint density at radius 1 is 0.929 bits per heavy atom. The van der Waals surface area contributed by atoms with E-state index in [0.717, 1.165) is 18.9 Å². The number of benzene rings is 1. The summed E-state index contributed by atoms with van der Waals surface area (Å²) in [6, 6.07) is 12.6. The monoisotopic (exact) mass is 379 g/mol. The average Bonchev–Trinajstić information content (AvgIpc) is 3.03. The number of para-hydroxylation sites is 1. The molecule has 2 fully saturated rings. The number of hydrogen-bond donors (Lipinski definition) is 1. The van der Waals surface area contributed by atoms with Gasteiger partial charge in [-0.05, 0) is 25.0 Å². The summed E-state index contributed by atoms with van der Waals surface area (Å²) in [5, 5.41) is 3.52. The summed E-state index contributed by atoms with van der Waals surface area (Å²) in [5.41, 5.74) is 1.70. The Kier molecular flexibility index (Phi) is 6.04. The molecule has 0 atom stereocenters. The largest absolute Gasteiger partial charge is 0.368 e. The Balaban J connectivity index is 1.36. The van der Waals surface area contributed by atoms with Gasteiger partial charge in [-0.15, -0.1) is 0 Å². The lowest BCUT2D eigenvalue weighted by Crippen LogP contribution is -2.49. The highest BCUT2D eigenvalue weighted by atomic mass is 16.2. The van der Waals surface area contributed by atoms with Gasteiger partial charge in [-0.25, -0.2) is 9.97 Å². The van der Waals surface area contributed by atoms with E-state index >= 15 is 0 Å². The van der Waals surface area contributed by atoms with Crippen LogP contribution in [-0.4, -0.2) is 53.0 Å². The van der Waals surface area contributed by atoms with Crippen molar-refractivity contribution >= 4 is 17.4 Å². The minimum atomic E-state index is -0.000900. The van der Waals surface area contributed by atoms with Crippen molar-refractivity contribution in [2.75, 3.05) is 36.4 Å². The topological polar surface area (TPSA) is 61.4 Å². The van der Waals surface area contributed by atoms with Gasteiger partial charge in [0.2, 0.25) is 0 Å². The first kappa shape index (κ1) is 18.7. The molecule has 1 aromatic heterocycles. The lowest BCUT2D eigenvalue weighted by atomic mass is 10.1. The fourth-order valence-corrected chi connectivity index (χ4v) is 4.15. The Bertz CT molecular complexity index is 766. The van der Waals surface area contributed by atoms with Gasteiger partial charge in [0.15, 0.2) is 0 Å². The zero-order chi connectivity index (χ0) is 19.2. The molecular weight excluding hydrogens is 350 g/mol. The van der Waals surface area contributed by atoms with Crippen molar-refractivity contribution in [3.8, 4) is 0 Å². The predicted molar refractivity (Wildman–Crippen MR) is 112 cm³/mol. The summed E-state index contributed by atoms with van der Waals surface area (Å²) in [6.07, 6.45) is 9.03. The summed E-state index contributed by atoms with van der Waals surface area (Å²) in [5.74, 6) is 0.771. The Hall–Kier alpha value is -2.63. The van der Waals surface area contributed by atoms with Gasteiger partial charge >= 0.3 is 0 Å². The van der Waals surface area contributed by atoms with E-state index in [1.165, 1.54) is 50.5 Å². The maximum atomic E-state index is 12.9. The number of piperazine rings is 1. The molecule has 0 spiro atoms. The predicted octanol–water partition coefficient (Wildman–Crippen LogP) is 3.57. The molecule has 1 aliphatic carbocycles. The van der Waals surface area contributed by atoms with Crippen LogP contribution in [0.15, 0.2) is 42.7 Å². The van der Waals surface area contributed by atoms with E-state index < -0.39 is 0 Å². The molecule has 0 unspecified atom stereocenters. The van der Waals surface area contributed by atoms with Crippen LogP contribution in [0.4, 0.5) is 11.5 Å². The van der Waals surface area contributed by atoms with E-state index in [1.807, 2.05) is 17.0 Å². The van der Waals surface area contributed by atoms with Crippen LogP contribution >= 0.6 is 0 Å². The van der Waals surface area contributed by atoms with E-state index in [4.69, 9.17) is 0 Å². The van der Waals surface area contributed by atoms with Gasteiger partial charge in [-0.2, -0.15) is 0 Å². The minimum Gasteiger partial charge on any atom is -0.368 e. The van der Waals surface area contributed by atoms with E-state index in [9.17, 15) is 4.79 Å². The highest BCUT2D eigenvalue weighted by molar-refractivity contribution is 5.93. The summed E-state index contributed by atoms with van der Waals surface area (Å²) in [6.45, 7) is 3.11. The number of aromatic nitrogens is 2. The molecule has 1 aromatic carbocycles. The van der Waals surface area contributed by atoms with Crippen LogP contribution in [-0.2, 0) is 0 Å². The number of anilines is 2. The van der Waals surface area contributed by atoms with Crippen molar-refractivity contribution in [1.82, 2.24) is 14.9 Å². The summed E-state index contributed by atoms with van der Waals surface area (Å²) in [7, 11) is 0. The fraction of sp³-hybridized carbons (Fsp3) is 0.500. The molecule has 1 saturated heterocycles. The normalized spacial score (nSPS) is 18.6. The quantitative estimate of drug-likeness (QED) is 0.823. The summed E-state index contributed by atoms with van der Waals surface area (Å²) < 4.78 is 0. The van der Waals surface area contributed by atoms with Crippen LogP contribution in [0, 0.1) is 0 Å². The van der Waals surface area contributed by atoms with Crippen LogP contribution in [0.3, 0.4) is 0 Å². The molecular formula is C22H29N5O. The first-order chi connectivity index (χ1) is 13.8. The van der Waals surface area contributed by atoms with E-state index in [2.05, 4.69) is 44.5 Å². The molecule has 1 amide bonds. The van der Waals surface area contributed by atoms with Gasteiger partial charge in [0.05, 0.1) is 0 Å². The number of nitrogens with zero attached hydrogens (tertiary/aromatic N) is 4. The van der Waals surface area contributed by atoms with Gasteiger partial charge in [-0.3, -0.25) is 4.79 Å². The SMILES string of the molecule is O=C(c1cc(NC2CCCCCC2)ncn1)N1CCN(c2ccccc2)CC1. The molecule has 148 valence electrons. The first-order valence-corrected chi connectivity index (χ1v) is 10.5. The minimum absolute atomic E-state index is 0.000900. The molecule has 6 nitrogen and oxygen atoms in total. The molecule has 1 aliphatic heterocycles. The maximum Gasteiger partial charge on any atom is 0.272 e. The third-order valence-electron chi connectivity index (χ3n) is 5.78.